The highest BCUT2D eigenvalue weighted by Gasteiger charge is 2.21. The molecule has 1 aromatic carbocycles. The molecule has 3 N–H and O–H groups in total. The summed E-state index contributed by atoms with van der Waals surface area (Å²) in [7, 11) is -3.22. The Bertz CT molecular complexity index is 478. The van der Waals surface area contributed by atoms with Crippen LogP contribution in [0.5, 0.6) is 0 Å². The van der Waals surface area contributed by atoms with E-state index in [0.717, 1.165) is 5.56 Å². The van der Waals surface area contributed by atoms with E-state index in [2.05, 4.69) is 4.72 Å². The average Bonchev–Trinajstić information content (AvgIpc) is 2.26. The average molecular weight is 284 g/mol. The first-order valence-electron chi connectivity index (χ1n) is 6.47. The fourth-order valence-electron chi connectivity index (χ4n) is 1.86. The number of nitrogens with one attached hydrogen (secondary N) is 1. The Hall–Kier alpha value is -0.910. The lowest BCUT2D eigenvalue weighted by Gasteiger charge is -2.19. The van der Waals surface area contributed by atoms with Crippen molar-refractivity contribution in [3.05, 3.63) is 35.9 Å². The Kier molecular flexibility index (Phi) is 5.52. The summed E-state index contributed by atoms with van der Waals surface area (Å²) in [4.78, 5) is 0. The zero-order chi connectivity index (χ0) is 14.5. The molecule has 0 spiro atoms. The molecule has 1 rings (SSSR count). The van der Waals surface area contributed by atoms with E-state index in [1.54, 1.807) is 0 Å². The summed E-state index contributed by atoms with van der Waals surface area (Å²) in [6.07, 6.45) is 0.591. The van der Waals surface area contributed by atoms with Gasteiger partial charge in [-0.05, 0) is 17.4 Å². The van der Waals surface area contributed by atoms with Crippen LogP contribution in [-0.2, 0) is 10.0 Å². The predicted octanol–water partition coefficient (Wildman–Crippen LogP) is 2.04. The molecule has 0 aromatic heterocycles. The summed E-state index contributed by atoms with van der Waals surface area (Å²) in [6, 6.07) is 9.56. The van der Waals surface area contributed by atoms with Gasteiger partial charge in [0.15, 0.2) is 0 Å². The van der Waals surface area contributed by atoms with Gasteiger partial charge >= 0.3 is 0 Å². The first kappa shape index (κ1) is 16.1. The van der Waals surface area contributed by atoms with Gasteiger partial charge in [-0.1, -0.05) is 51.1 Å². The Morgan fingerprint density at radius 2 is 1.79 bits per heavy atom. The van der Waals surface area contributed by atoms with Crippen molar-refractivity contribution >= 4 is 10.0 Å². The minimum atomic E-state index is -3.22. The second-order valence-corrected chi connectivity index (χ2v) is 7.83. The molecule has 0 radical (unpaired) electrons. The van der Waals surface area contributed by atoms with Crippen molar-refractivity contribution in [1.29, 1.82) is 0 Å². The molecule has 0 bridgehead atoms. The highest BCUT2D eigenvalue weighted by Crippen LogP contribution is 2.16. The van der Waals surface area contributed by atoms with Crippen molar-refractivity contribution in [3.8, 4) is 0 Å². The van der Waals surface area contributed by atoms with Gasteiger partial charge in [-0.15, -0.1) is 0 Å². The van der Waals surface area contributed by atoms with Crippen LogP contribution in [-0.4, -0.2) is 20.7 Å². The zero-order valence-corrected chi connectivity index (χ0v) is 12.7. The van der Waals surface area contributed by atoms with Gasteiger partial charge in [0.25, 0.3) is 0 Å². The number of nitrogens with two attached hydrogens (primary N) is 1. The second-order valence-electron chi connectivity index (χ2n) is 6.02. The van der Waals surface area contributed by atoms with E-state index < -0.39 is 10.0 Å². The number of hydrogen-bond acceptors (Lipinski definition) is 3. The molecule has 0 aliphatic rings. The third kappa shape index (κ3) is 6.71. The molecule has 1 unspecified atom stereocenters. The van der Waals surface area contributed by atoms with Crippen molar-refractivity contribution in [1.82, 2.24) is 4.72 Å². The fourth-order valence-corrected chi connectivity index (χ4v) is 3.53. The van der Waals surface area contributed by atoms with Crippen molar-refractivity contribution in [2.75, 3.05) is 12.3 Å². The third-order valence-electron chi connectivity index (χ3n) is 2.63. The summed E-state index contributed by atoms with van der Waals surface area (Å²) in [6.45, 7) is 6.08. The van der Waals surface area contributed by atoms with Crippen LogP contribution >= 0.6 is 0 Å². The van der Waals surface area contributed by atoms with Crippen LogP contribution in [0.4, 0.5) is 0 Å². The van der Waals surface area contributed by atoms with Gasteiger partial charge in [0.1, 0.15) is 0 Å². The molecule has 0 fully saturated rings. The summed E-state index contributed by atoms with van der Waals surface area (Å²) < 4.78 is 26.2. The Morgan fingerprint density at radius 1 is 1.21 bits per heavy atom. The van der Waals surface area contributed by atoms with Crippen LogP contribution in [0.25, 0.3) is 0 Å². The van der Waals surface area contributed by atoms with Gasteiger partial charge in [0, 0.05) is 12.6 Å². The van der Waals surface area contributed by atoms with E-state index in [0.29, 0.717) is 13.0 Å². The van der Waals surface area contributed by atoms with Gasteiger partial charge in [0.2, 0.25) is 10.0 Å². The molecule has 4 nitrogen and oxygen atoms in total. The number of benzene rings is 1. The molecule has 108 valence electrons. The summed E-state index contributed by atoms with van der Waals surface area (Å²) in [5.41, 5.74) is 6.80. The lowest BCUT2D eigenvalue weighted by atomic mass is 10.0. The molecule has 19 heavy (non-hydrogen) atoms. The van der Waals surface area contributed by atoms with Gasteiger partial charge in [-0.2, -0.15) is 0 Å². The van der Waals surface area contributed by atoms with E-state index in [1.165, 1.54) is 0 Å². The molecule has 0 saturated heterocycles. The van der Waals surface area contributed by atoms with Crippen LogP contribution in [0.2, 0.25) is 0 Å². The SMILES string of the molecule is CC(C)(C)CS(=O)(=O)NCCC(N)c1ccccc1. The maximum atomic E-state index is 11.8. The molecule has 0 amide bonds. The topological polar surface area (TPSA) is 72.2 Å². The van der Waals surface area contributed by atoms with Gasteiger partial charge < -0.3 is 5.73 Å². The standard InChI is InChI=1S/C14H24N2O2S/c1-14(2,3)11-19(17,18)16-10-9-13(15)12-7-5-4-6-8-12/h4-8,13,16H,9-11,15H2,1-3H3. The zero-order valence-electron chi connectivity index (χ0n) is 11.9. The third-order valence-corrected chi connectivity index (χ3v) is 4.52. The minimum Gasteiger partial charge on any atom is -0.324 e. The first-order chi connectivity index (χ1) is 8.70. The highest BCUT2D eigenvalue weighted by molar-refractivity contribution is 7.89. The van der Waals surface area contributed by atoms with Gasteiger partial charge in [-0.25, -0.2) is 13.1 Å². The number of sulfonamides is 1. The van der Waals surface area contributed by atoms with Crippen LogP contribution in [0, 0.1) is 5.41 Å². The molecular formula is C14H24N2O2S. The monoisotopic (exact) mass is 284 g/mol. The Balaban J connectivity index is 2.42. The smallest absolute Gasteiger partial charge is 0.212 e. The molecule has 0 aliphatic carbocycles. The first-order valence-corrected chi connectivity index (χ1v) is 8.13. The molecule has 1 aromatic rings. The van der Waals surface area contributed by atoms with Crippen LogP contribution in [0.1, 0.15) is 38.8 Å². The highest BCUT2D eigenvalue weighted by atomic mass is 32.2. The van der Waals surface area contributed by atoms with Crippen LogP contribution in [0.3, 0.4) is 0 Å². The Morgan fingerprint density at radius 3 is 2.32 bits per heavy atom. The van der Waals surface area contributed by atoms with Crippen molar-refractivity contribution in [2.45, 2.75) is 33.2 Å². The quantitative estimate of drug-likeness (QED) is 0.839. The number of hydrogen-bond donors (Lipinski definition) is 2. The van der Waals surface area contributed by atoms with E-state index in [4.69, 9.17) is 5.73 Å². The molecule has 0 heterocycles. The maximum absolute atomic E-state index is 11.8. The van der Waals surface area contributed by atoms with E-state index in [-0.39, 0.29) is 17.2 Å². The lowest BCUT2D eigenvalue weighted by molar-refractivity contribution is 0.457. The molecular weight excluding hydrogens is 260 g/mol. The summed E-state index contributed by atoms with van der Waals surface area (Å²) >= 11 is 0. The summed E-state index contributed by atoms with van der Waals surface area (Å²) in [5, 5.41) is 0. The fraction of sp³-hybridized carbons (Fsp3) is 0.571. The molecule has 0 saturated carbocycles. The molecule has 5 heteroatoms. The predicted molar refractivity (Wildman–Crippen MR) is 79.2 cm³/mol. The van der Waals surface area contributed by atoms with Crippen molar-refractivity contribution < 1.29 is 8.42 Å². The van der Waals surface area contributed by atoms with Crippen molar-refractivity contribution in [2.24, 2.45) is 11.1 Å². The second kappa shape index (κ2) is 6.50. The normalized spacial score (nSPS) is 14.3. The van der Waals surface area contributed by atoms with E-state index in [1.807, 2.05) is 51.1 Å². The largest absolute Gasteiger partial charge is 0.324 e. The lowest BCUT2D eigenvalue weighted by Crippen LogP contribution is -2.34. The minimum absolute atomic E-state index is 0.126. The van der Waals surface area contributed by atoms with E-state index in [9.17, 15) is 8.42 Å². The van der Waals surface area contributed by atoms with Gasteiger partial charge in [0.05, 0.1) is 5.75 Å². The van der Waals surface area contributed by atoms with Gasteiger partial charge in [-0.3, -0.25) is 0 Å². The van der Waals surface area contributed by atoms with E-state index >= 15 is 0 Å². The summed E-state index contributed by atoms with van der Waals surface area (Å²) in [5.74, 6) is 0.126. The molecule has 0 aliphatic heterocycles. The Labute approximate surface area is 116 Å². The maximum Gasteiger partial charge on any atom is 0.212 e. The van der Waals surface area contributed by atoms with Crippen LogP contribution < -0.4 is 10.5 Å². The van der Waals surface area contributed by atoms with Crippen molar-refractivity contribution in [3.63, 3.8) is 0 Å². The molecule has 1 atom stereocenters. The van der Waals surface area contributed by atoms with Crippen LogP contribution in [0.15, 0.2) is 30.3 Å². The number of rotatable bonds is 6.